The maximum Gasteiger partial charge on any atom is 0.0894 e. The van der Waals surface area contributed by atoms with Gasteiger partial charge in [-0.15, -0.1) is 5.10 Å². The first kappa shape index (κ1) is 13.8. The highest BCUT2D eigenvalue weighted by Gasteiger charge is 2.10. The highest BCUT2D eigenvalue weighted by atomic mass is 79.9. The number of hydrogen-bond donors (Lipinski definition) is 1. The Balaban J connectivity index is 1.88. The van der Waals surface area contributed by atoms with Gasteiger partial charge in [0.25, 0.3) is 0 Å². The molecule has 0 aliphatic heterocycles. The monoisotopic (exact) mass is 342 g/mol. The molecule has 2 aromatic carbocycles. The van der Waals surface area contributed by atoms with E-state index in [2.05, 4.69) is 50.6 Å². The van der Waals surface area contributed by atoms with Crippen LogP contribution in [0.1, 0.15) is 18.5 Å². The van der Waals surface area contributed by atoms with E-state index in [9.17, 15) is 0 Å². The van der Waals surface area contributed by atoms with Crippen molar-refractivity contribution in [3.8, 4) is 5.69 Å². The summed E-state index contributed by atoms with van der Waals surface area (Å²) in [5, 5.41) is 11.5. The number of anilines is 1. The second-order valence-electron chi connectivity index (χ2n) is 4.79. The number of aromatic nitrogens is 3. The van der Waals surface area contributed by atoms with Crippen LogP contribution < -0.4 is 5.32 Å². The zero-order chi connectivity index (χ0) is 14.7. The van der Waals surface area contributed by atoms with Gasteiger partial charge in [0.15, 0.2) is 0 Å². The summed E-state index contributed by atoms with van der Waals surface area (Å²) < 4.78 is 2.84. The van der Waals surface area contributed by atoms with Crippen LogP contribution in [0.15, 0.2) is 65.4 Å². The van der Waals surface area contributed by atoms with E-state index < -0.39 is 0 Å². The Bertz CT molecular complexity index is 725. The summed E-state index contributed by atoms with van der Waals surface area (Å²) in [7, 11) is 0. The summed E-state index contributed by atoms with van der Waals surface area (Å²) >= 11 is 3.51. The SMILES string of the molecule is CC(Nc1ccccc1-n1ccnn1)c1cccc(Br)c1. The first-order valence-electron chi connectivity index (χ1n) is 6.72. The van der Waals surface area contributed by atoms with Crippen molar-refractivity contribution in [1.82, 2.24) is 15.0 Å². The van der Waals surface area contributed by atoms with Crippen LogP contribution in [-0.4, -0.2) is 15.0 Å². The fourth-order valence-electron chi connectivity index (χ4n) is 2.22. The molecule has 21 heavy (non-hydrogen) atoms. The van der Waals surface area contributed by atoms with Crippen molar-refractivity contribution in [3.05, 3.63) is 71.0 Å². The molecule has 1 unspecified atom stereocenters. The first-order chi connectivity index (χ1) is 10.2. The topological polar surface area (TPSA) is 42.7 Å². The Labute approximate surface area is 131 Å². The number of nitrogens with one attached hydrogen (secondary N) is 1. The smallest absolute Gasteiger partial charge is 0.0894 e. The molecule has 0 saturated carbocycles. The van der Waals surface area contributed by atoms with Crippen LogP contribution in [0.3, 0.4) is 0 Å². The molecule has 1 N–H and O–H groups in total. The third-order valence-electron chi connectivity index (χ3n) is 3.29. The van der Waals surface area contributed by atoms with E-state index in [1.807, 2.05) is 42.6 Å². The van der Waals surface area contributed by atoms with E-state index in [1.54, 1.807) is 10.9 Å². The molecule has 1 heterocycles. The quantitative estimate of drug-likeness (QED) is 0.772. The van der Waals surface area contributed by atoms with Gasteiger partial charge >= 0.3 is 0 Å². The van der Waals surface area contributed by atoms with Gasteiger partial charge < -0.3 is 5.32 Å². The van der Waals surface area contributed by atoms with Crippen molar-refractivity contribution in [2.45, 2.75) is 13.0 Å². The lowest BCUT2D eigenvalue weighted by Gasteiger charge is -2.18. The van der Waals surface area contributed by atoms with Gasteiger partial charge in [-0.05, 0) is 36.8 Å². The summed E-state index contributed by atoms with van der Waals surface area (Å²) in [4.78, 5) is 0. The van der Waals surface area contributed by atoms with Crippen molar-refractivity contribution >= 4 is 21.6 Å². The molecule has 3 rings (SSSR count). The van der Waals surface area contributed by atoms with E-state index in [-0.39, 0.29) is 6.04 Å². The van der Waals surface area contributed by atoms with Crippen LogP contribution >= 0.6 is 15.9 Å². The molecule has 0 fully saturated rings. The molecule has 0 spiro atoms. The molecule has 106 valence electrons. The van der Waals surface area contributed by atoms with E-state index >= 15 is 0 Å². The van der Waals surface area contributed by atoms with Crippen LogP contribution in [0.4, 0.5) is 5.69 Å². The standard InChI is InChI=1S/C16H15BrN4/c1-12(13-5-4-6-14(17)11-13)19-15-7-2-3-8-16(15)21-10-9-18-20-21/h2-12,19H,1H3. The summed E-state index contributed by atoms with van der Waals surface area (Å²) in [5.74, 6) is 0. The number of benzene rings is 2. The van der Waals surface area contributed by atoms with Gasteiger partial charge in [-0.2, -0.15) is 0 Å². The largest absolute Gasteiger partial charge is 0.377 e. The highest BCUT2D eigenvalue weighted by Crippen LogP contribution is 2.25. The molecule has 0 saturated heterocycles. The van der Waals surface area contributed by atoms with Crippen molar-refractivity contribution in [3.63, 3.8) is 0 Å². The zero-order valence-corrected chi connectivity index (χ0v) is 13.2. The van der Waals surface area contributed by atoms with E-state index in [0.717, 1.165) is 15.8 Å². The van der Waals surface area contributed by atoms with Crippen molar-refractivity contribution < 1.29 is 0 Å². The van der Waals surface area contributed by atoms with E-state index in [0.29, 0.717) is 0 Å². The molecular weight excluding hydrogens is 328 g/mol. The van der Waals surface area contributed by atoms with Crippen LogP contribution in [-0.2, 0) is 0 Å². The normalized spacial score (nSPS) is 12.1. The molecule has 0 radical (unpaired) electrons. The Morgan fingerprint density at radius 3 is 2.76 bits per heavy atom. The summed E-state index contributed by atoms with van der Waals surface area (Å²) in [6.07, 6.45) is 3.51. The summed E-state index contributed by atoms with van der Waals surface area (Å²) in [5.41, 5.74) is 3.23. The Morgan fingerprint density at radius 2 is 2.00 bits per heavy atom. The molecule has 4 nitrogen and oxygen atoms in total. The lowest BCUT2D eigenvalue weighted by molar-refractivity contribution is 0.798. The number of hydrogen-bond acceptors (Lipinski definition) is 3. The van der Waals surface area contributed by atoms with Gasteiger partial charge in [0.05, 0.1) is 23.8 Å². The van der Waals surface area contributed by atoms with Gasteiger partial charge in [0, 0.05) is 10.5 Å². The minimum atomic E-state index is 0.187. The molecular formula is C16H15BrN4. The van der Waals surface area contributed by atoms with Gasteiger partial charge in [0.2, 0.25) is 0 Å². The Hall–Kier alpha value is -2.14. The maximum absolute atomic E-state index is 4.06. The second-order valence-corrected chi connectivity index (χ2v) is 5.70. The number of nitrogens with zero attached hydrogens (tertiary/aromatic N) is 3. The number of rotatable bonds is 4. The minimum absolute atomic E-state index is 0.187. The molecule has 0 aliphatic carbocycles. The third-order valence-corrected chi connectivity index (χ3v) is 3.79. The van der Waals surface area contributed by atoms with Crippen molar-refractivity contribution in [2.75, 3.05) is 5.32 Å². The van der Waals surface area contributed by atoms with Crippen LogP contribution in [0.2, 0.25) is 0 Å². The average molecular weight is 343 g/mol. The summed E-state index contributed by atoms with van der Waals surface area (Å²) in [6, 6.07) is 16.6. The molecule has 0 bridgehead atoms. The first-order valence-corrected chi connectivity index (χ1v) is 7.51. The molecule has 1 atom stereocenters. The fraction of sp³-hybridized carbons (Fsp3) is 0.125. The maximum atomic E-state index is 4.06. The Morgan fingerprint density at radius 1 is 1.14 bits per heavy atom. The molecule has 5 heteroatoms. The lowest BCUT2D eigenvalue weighted by atomic mass is 10.1. The van der Waals surface area contributed by atoms with E-state index in [4.69, 9.17) is 0 Å². The van der Waals surface area contributed by atoms with Crippen LogP contribution in [0, 0.1) is 0 Å². The molecule has 1 aromatic heterocycles. The van der Waals surface area contributed by atoms with Crippen molar-refractivity contribution in [1.29, 1.82) is 0 Å². The molecule has 0 amide bonds. The third kappa shape index (κ3) is 3.13. The second kappa shape index (κ2) is 6.10. The lowest BCUT2D eigenvalue weighted by Crippen LogP contribution is -2.09. The van der Waals surface area contributed by atoms with Gasteiger partial charge in [-0.1, -0.05) is 45.4 Å². The zero-order valence-electron chi connectivity index (χ0n) is 11.6. The van der Waals surface area contributed by atoms with Gasteiger partial charge in [-0.25, -0.2) is 4.68 Å². The van der Waals surface area contributed by atoms with Gasteiger partial charge in [-0.3, -0.25) is 0 Å². The average Bonchev–Trinajstić information content (AvgIpc) is 3.02. The van der Waals surface area contributed by atoms with Crippen LogP contribution in [0.25, 0.3) is 5.69 Å². The summed E-state index contributed by atoms with van der Waals surface area (Å²) in [6.45, 7) is 2.14. The number of halogens is 1. The highest BCUT2D eigenvalue weighted by molar-refractivity contribution is 9.10. The van der Waals surface area contributed by atoms with E-state index in [1.165, 1.54) is 5.56 Å². The van der Waals surface area contributed by atoms with Crippen LogP contribution in [0.5, 0.6) is 0 Å². The predicted octanol–water partition coefficient (Wildman–Crippen LogP) is 4.20. The van der Waals surface area contributed by atoms with Crippen molar-refractivity contribution in [2.24, 2.45) is 0 Å². The molecule has 0 aliphatic rings. The minimum Gasteiger partial charge on any atom is -0.377 e. The fourth-order valence-corrected chi connectivity index (χ4v) is 2.64. The predicted molar refractivity (Wildman–Crippen MR) is 87.5 cm³/mol. The van der Waals surface area contributed by atoms with Gasteiger partial charge in [0.1, 0.15) is 0 Å². The molecule has 3 aromatic rings. The number of para-hydroxylation sites is 2. The Kier molecular flexibility index (Phi) is 4.01.